The molecule has 9 atom stereocenters. The Hall–Kier alpha value is -4.39. The van der Waals surface area contributed by atoms with Crippen molar-refractivity contribution in [2.24, 2.45) is 46.1 Å². The molecule has 0 spiro atoms. The summed E-state index contributed by atoms with van der Waals surface area (Å²) in [6.45, 7) is 11.8. The molecular formula is C42H64BN9O7. The van der Waals surface area contributed by atoms with Gasteiger partial charge in [0.15, 0.2) is 6.17 Å². The van der Waals surface area contributed by atoms with E-state index < -0.39 is 72.6 Å². The summed E-state index contributed by atoms with van der Waals surface area (Å²) in [6, 6.07) is 10.6. The maximum absolute atomic E-state index is 13.5. The predicted molar refractivity (Wildman–Crippen MR) is 226 cm³/mol. The van der Waals surface area contributed by atoms with Crippen LogP contribution in [0.1, 0.15) is 89.6 Å². The zero-order valence-electron chi connectivity index (χ0n) is 35.2. The fourth-order valence-corrected chi connectivity index (χ4v) is 8.70. The maximum Gasteiger partial charge on any atom is 0.497 e. The van der Waals surface area contributed by atoms with Crippen molar-refractivity contribution >= 4 is 36.7 Å². The molecule has 2 aromatic rings. The van der Waals surface area contributed by atoms with Crippen LogP contribution in [0.25, 0.3) is 11.1 Å². The van der Waals surface area contributed by atoms with Gasteiger partial charge in [-0.1, -0.05) is 77.4 Å². The molecule has 2 bridgehead atoms. The number of nitrogens with one attached hydrogen (secondary N) is 5. The Kier molecular flexibility index (Phi) is 15.0. The quantitative estimate of drug-likeness (QED) is 0.0707. The minimum absolute atomic E-state index is 0.0203. The number of hydrogen-bond acceptors (Lipinski definition) is 11. The Labute approximate surface area is 347 Å². The minimum atomic E-state index is -1.61. The maximum atomic E-state index is 13.5. The van der Waals surface area contributed by atoms with Gasteiger partial charge in [-0.05, 0) is 91.0 Å². The molecule has 322 valence electrons. The topological polar surface area (TPSA) is 268 Å². The second-order valence-electron chi connectivity index (χ2n) is 17.5. The fourth-order valence-electron chi connectivity index (χ4n) is 8.70. The number of amides is 5. The van der Waals surface area contributed by atoms with Crippen LogP contribution < -0.4 is 49.5 Å². The normalized spacial score (nSPS) is 24.1. The number of nitrogens with two attached hydrogens (primary N) is 4. The van der Waals surface area contributed by atoms with Crippen molar-refractivity contribution in [3.05, 3.63) is 59.7 Å². The molecule has 4 fully saturated rings. The van der Waals surface area contributed by atoms with Gasteiger partial charge in [0, 0.05) is 18.7 Å². The Morgan fingerprint density at radius 1 is 0.763 bits per heavy atom. The third-order valence-electron chi connectivity index (χ3n) is 12.5. The molecule has 13 N–H and O–H groups in total. The van der Waals surface area contributed by atoms with E-state index >= 15 is 0 Å². The number of unbranched alkanes of at least 4 members (excludes halogenated alkanes) is 1. The molecule has 0 radical (unpaired) electrons. The molecule has 3 aliphatic carbocycles. The first-order valence-corrected chi connectivity index (χ1v) is 20.9. The average Bonchev–Trinajstić information content (AvgIpc) is 3.58. The summed E-state index contributed by atoms with van der Waals surface area (Å²) in [6.07, 6.45) is 3.69. The summed E-state index contributed by atoms with van der Waals surface area (Å²) >= 11 is 0. The summed E-state index contributed by atoms with van der Waals surface area (Å²) in [5.41, 5.74) is 27.3. The van der Waals surface area contributed by atoms with Crippen molar-refractivity contribution in [2.45, 2.75) is 122 Å². The van der Waals surface area contributed by atoms with Crippen molar-refractivity contribution in [3.63, 3.8) is 0 Å². The largest absolute Gasteiger partial charge is 0.497 e. The fraction of sp³-hybridized carbons (Fsp3) is 0.595. The number of carbonyl (C=O) groups excluding carboxylic acids is 5. The standard InChI is InChI=1S/C42H64BN9O7/c1-7-8-9-24-10-12-25(13-11-24)26-14-16-27(17-15-26)35(53)49-30(21-44)37(55)50-31(22-45)38(56)51-34(46)39(57)48-29(18-23(2)3)36(54)52-40(47)43-58-33-20-28-19-32(41(28,4)5)42(33,6)59-43/h10-17,23,28-34,40H,7-9,18-22,44-47H2,1-6H3,(H,48,57)(H,49,53)(H,50,55)(H,51,56)(H,52,54)/t28-,29-,30-,31-,32-,33?,34+,40+,42-/m0/s1. The van der Waals surface area contributed by atoms with Crippen molar-refractivity contribution < 1.29 is 33.3 Å². The monoisotopic (exact) mass is 818 g/mol. The molecule has 3 saturated carbocycles. The molecular weight excluding hydrogens is 753 g/mol. The second kappa shape index (κ2) is 19.3. The van der Waals surface area contributed by atoms with E-state index in [-0.39, 0.29) is 36.9 Å². The van der Waals surface area contributed by atoms with Crippen LogP contribution in [0.15, 0.2) is 48.5 Å². The third-order valence-corrected chi connectivity index (χ3v) is 12.5. The molecule has 5 amide bonds. The third kappa shape index (κ3) is 10.5. The highest BCUT2D eigenvalue weighted by atomic mass is 16.7. The van der Waals surface area contributed by atoms with Gasteiger partial charge in [-0.3, -0.25) is 24.0 Å². The summed E-state index contributed by atoms with van der Waals surface area (Å²) in [5.74, 6) is -2.76. The lowest BCUT2D eigenvalue weighted by Gasteiger charge is -2.64. The average molecular weight is 818 g/mol. The van der Waals surface area contributed by atoms with Crippen molar-refractivity contribution in [1.29, 1.82) is 0 Å². The Balaban J connectivity index is 1.10. The van der Waals surface area contributed by atoms with Crippen LogP contribution in [0.2, 0.25) is 0 Å². The highest BCUT2D eigenvalue weighted by Gasteiger charge is 2.68. The predicted octanol–water partition coefficient (Wildman–Crippen LogP) is 0.797. The number of carbonyl (C=O) groups is 5. The molecule has 1 saturated heterocycles. The molecule has 1 aliphatic heterocycles. The Morgan fingerprint density at radius 2 is 1.32 bits per heavy atom. The lowest BCUT2D eigenvalue weighted by molar-refractivity contribution is -0.199. The van der Waals surface area contributed by atoms with Gasteiger partial charge in [0.2, 0.25) is 17.7 Å². The Morgan fingerprint density at radius 3 is 1.90 bits per heavy atom. The van der Waals surface area contributed by atoms with E-state index in [9.17, 15) is 24.0 Å². The van der Waals surface area contributed by atoms with E-state index in [0.717, 1.165) is 43.2 Å². The number of hydrogen-bond donors (Lipinski definition) is 9. The van der Waals surface area contributed by atoms with E-state index in [4.69, 9.17) is 32.2 Å². The van der Waals surface area contributed by atoms with Gasteiger partial charge in [0.05, 0.1) is 11.7 Å². The van der Waals surface area contributed by atoms with E-state index in [1.807, 2.05) is 38.1 Å². The van der Waals surface area contributed by atoms with Gasteiger partial charge in [0.25, 0.3) is 11.8 Å². The van der Waals surface area contributed by atoms with E-state index in [2.05, 4.69) is 66.4 Å². The number of benzene rings is 2. The number of rotatable bonds is 19. The SMILES string of the molecule is CCCCc1ccc(-c2ccc(C(=O)N[C@@H](CN)C(=O)N[C@@H](CN)C(=O)N[C@@H](N)C(=O)N[C@@H](CC(C)C)C(=O)N[C@@H](N)B3OC4C[C@@H]5C[C@@H](C5(C)C)[C@]4(C)O3)cc2)cc1. The van der Waals surface area contributed by atoms with Gasteiger partial charge in [-0.2, -0.15) is 0 Å². The van der Waals surface area contributed by atoms with Crippen molar-refractivity contribution in [2.75, 3.05) is 13.1 Å². The first kappa shape index (κ1) is 45.7. The van der Waals surface area contributed by atoms with Gasteiger partial charge in [0.1, 0.15) is 24.2 Å². The Bertz CT molecular complexity index is 1810. The highest BCUT2D eigenvalue weighted by molar-refractivity contribution is 6.47. The minimum Gasteiger partial charge on any atom is -0.403 e. The van der Waals surface area contributed by atoms with Crippen molar-refractivity contribution in [1.82, 2.24) is 26.6 Å². The summed E-state index contributed by atoms with van der Waals surface area (Å²) in [5, 5.41) is 12.7. The molecule has 1 heterocycles. The molecule has 17 heteroatoms. The van der Waals surface area contributed by atoms with Crippen LogP contribution in [0.4, 0.5) is 0 Å². The zero-order chi connectivity index (χ0) is 43.2. The number of aryl methyl sites for hydroxylation is 1. The van der Waals surface area contributed by atoms with Crippen LogP contribution in [-0.2, 0) is 34.9 Å². The molecule has 0 aromatic heterocycles. The van der Waals surface area contributed by atoms with Gasteiger partial charge in [-0.15, -0.1) is 0 Å². The smallest absolute Gasteiger partial charge is 0.403 e. The molecule has 1 unspecified atom stereocenters. The lowest BCUT2D eigenvalue weighted by Crippen LogP contribution is -2.65. The molecule has 2 aromatic carbocycles. The van der Waals surface area contributed by atoms with Crippen molar-refractivity contribution in [3.8, 4) is 11.1 Å². The van der Waals surface area contributed by atoms with Crippen LogP contribution in [0.5, 0.6) is 0 Å². The molecule has 4 aliphatic rings. The summed E-state index contributed by atoms with van der Waals surface area (Å²) in [7, 11) is -0.868. The highest BCUT2D eigenvalue weighted by Crippen LogP contribution is 2.65. The molecule has 59 heavy (non-hydrogen) atoms. The van der Waals surface area contributed by atoms with E-state index in [1.54, 1.807) is 12.1 Å². The van der Waals surface area contributed by atoms with Gasteiger partial charge >= 0.3 is 7.12 Å². The van der Waals surface area contributed by atoms with E-state index in [1.165, 1.54) is 5.56 Å². The first-order chi connectivity index (χ1) is 27.9. The van der Waals surface area contributed by atoms with Crippen LogP contribution >= 0.6 is 0 Å². The lowest BCUT2D eigenvalue weighted by atomic mass is 9.43. The van der Waals surface area contributed by atoms with Gasteiger partial charge < -0.3 is 58.8 Å². The summed E-state index contributed by atoms with van der Waals surface area (Å²) < 4.78 is 12.6. The van der Waals surface area contributed by atoms with Crippen LogP contribution in [0, 0.1) is 23.2 Å². The first-order valence-electron chi connectivity index (χ1n) is 20.9. The van der Waals surface area contributed by atoms with Crippen LogP contribution in [-0.4, -0.2) is 91.8 Å². The zero-order valence-corrected chi connectivity index (χ0v) is 35.2. The summed E-state index contributed by atoms with van der Waals surface area (Å²) in [4.78, 5) is 66.2. The molecule has 6 rings (SSSR count). The van der Waals surface area contributed by atoms with E-state index in [0.29, 0.717) is 17.4 Å². The van der Waals surface area contributed by atoms with Crippen LogP contribution in [0.3, 0.4) is 0 Å². The molecule has 16 nitrogen and oxygen atoms in total. The van der Waals surface area contributed by atoms with Gasteiger partial charge in [-0.25, -0.2) is 0 Å². The second-order valence-corrected chi connectivity index (χ2v) is 17.5.